The van der Waals surface area contributed by atoms with Gasteiger partial charge in [0.25, 0.3) is 0 Å². The van der Waals surface area contributed by atoms with Crippen molar-refractivity contribution >= 4 is 17.7 Å². The van der Waals surface area contributed by atoms with Crippen LogP contribution in [0.5, 0.6) is 0 Å². The lowest BCUT2D eigenvalue weighted by atomic mass is 10.0. The highest BCUT2D eigenvalue weighted by Gasteiger charge is 2.18. The van der Waals surface area contributed by atoms with Crippen LogP contribution in [0.4, 0.5) is 0 Å². The number of aromatic nitrogens is 2. The van der Waals surface area contributed by atoms with Crippen LogP contribution in [0.2, 0.25) is 0 Å². The maximum Gasteiger partial charge on any atom is 0.348 e. The molecule has 5 nitrogen and oxygen atoms in total. The predicted molar refractivity (Wildman–Crippen MR) is 86.1 cm³/mol. The smallest absolute Gasteiger partial charge is 0.348 e. The maximum atomic E-state index is 12.3. The molecule has 118 valence electrons. The molecule has 0 spiro atoms. The van der Waals surface area contributed by atoms with Gasteiger partial charge < -0.3 is 5.11 Å². The van der Waals surface area contributed by atoms with E-state index in [1.807, 2.05) is 20.1 Å². The number of hydrogen-bond donors (Lipinski definition) is 1. The van der Waals surface area contributed by atoms with Crippen LogP contribution in [0.25, 0.3) is 0 Å². The van der Waals surface area contributed by atoms with Crippen molar-refractivity contribution in [1.82, 2.24) is 9.55 Å². The molecule has 1 unspecified atom stereocenters. The van der Waals surface area contributed by atoms with Crippen molar-refractivity contribution in [3.8, 4) is 0 Å². The first-order valence-electron chi connectivity index (χ1n) is 7.26. The Bertz CT molecular complexity index is 555. The third-order valence-corrected chi connectivity index (χ3v) is 4.33. The molecule has 0 aliphatic heterocycles. The first-order chi connectivity index (χ1) is 9.94. The summed E-state index contributed by atoms with van der Waals surface area (Å²) in [5.74, 6) is 0.415. The Balaban J connectivity index is 3.35. The minimum atomic E-state index is -0.886. The molecule has 21 heavy (non-hydrogen) atoms. The minimum Gasteiger partial charge on any atom is -0.481 e. The van der Waals surface area contributed by atoms with Gasteiger partial charge in [-0.1, -0.05) is 20.8 Å². The molecule has 1 N–H and O–H groups in total. The van der Waals surface area contributed by atoms with E-state index in [2.05, 4.69) is 11.9 Å². The fraction of sp³-hybridized carbons (Fsp3) is 0.667. The van der Waals surface area contributed by atoms with E-state index in [0.29, 0.717) is 36.6 Å². The van der Waals surface area contributed by atoms with Crippen molar-refractivity contribution in [3.63, 3.8) is 0 Å². The highest BCUT2D eigenvalue weighted by Crippen LogP contribution is 2.16. The van der Waals surface area contributed by atoms with Gasteiger partial charge in [-0.2, -0.15) is 16.7 Å². The molecule has 0 aliphatic rings. The van der Waals surface area contributed by atoms with E-state index in [9.17, 15) is 9.59 Å². The van der Waals surface area contributed by atoms with Crippen molar-refractivity contribution in [2.24, 2.45) is 5.92 Å². The van der Waals surface area contributed by atoms with Gasteiger partial charge in [0.15, 0.2) is 0 Å². The molecular weight excluding hydrogens is 288 g/mol. The van der Waals surface area contributed by atoms with Gasteiger partial charge in [0.1, 0.15) is 0 Å². The first kappa shape index (κ1) is 17.8. The lowest BCUT2D eigenvalue weighted by Gasteiger charge is -2.20. The summed E-state index contributed by atoms with van der Waals surface area (Å²) in [6.45, 7) is 6.53. The summed E-state index contributed by atoms with van der Waals surface area (Å²) < 4.78 is 1.66. The third-order valence-electron chi connectivity index (χ3n) is 3.43. The number of aliphatic carboxylic acids is 1. The fourth-order valence-corrected chi connectivity index (χ4v) is 3.25. The SMILES string of the molecule is CCc1nc(=O)n(CC(C)CSC)c(CC)c1CC(=O)O. The quantitative estimate of drug-likeness (QED) is 0.795. The van der Waals surface area contributed by atoms with Gasteiger partial charge in [-0.05, 0) is 30.8 Å². The predicted octanol–water partition coefficient (Wildman–Crippen LogP) is 1.99. The molecule has 1 aromatic rings. The zero-order valence-electron chi connectivity index (χ0n) is 13.2. The topological polar surface area (TPSA) is 72.2 Å². The van der Waals surface area contributed by atoms with E-state index in [0.717, 1.165) is 11.4 Å². The van der Waals surface area contributed by atoms with E-state index in [1.165, 1.54) is 0 Å². The van der Waals surface area contributed by atoms with E-state index in [-0.39, 0.29) is 12.1 Å². The van der Waals surface area contributed by atoms with Crippen LogP contribution >= 0.6 is 11.8 Å². The van der Waals surface area contributed by atoms with Gasteiger partial charge in [0.05, 0.1) is 12.1 Å². The normalized spacial score (nSPS) is 12.4. The number of aryl methyl sites for hydroxylation is 1. The number of rotatable bonds is 8. The van der Waals surface area contributed by atoms with E-state index in [1.54, 1.807) is 16.3 Å². The molecule has 0 aromatic carbocycles. The second kappa shape index (κ2) is 8.22. The summed E-state index contributed by atoms with van der Waals surface area (Å²) in [6.07, 6.45) is 3.18. The van der Waals surface area contributed by atoms with Crippen LogP contribution in [0.15, 0.2) is 4.79 Å². The second-order valence-electron chi connectivity index (χ2n) is 5.22. The summed E-state index contributed by atoms with van der Waals surface area (Å²) in [5, 5.41) is 9.11. The van der Waals surface area contributed by atoms with E-state index in [4.69, 9.17) is 5.11 Å². The Morgan fingerprint density at radius 3 is 2.52 bits per heavy atom. The maximum absolute atomic E-state index is 12.3. The molecule has 1 atom stereocenters. The van der Waals surface area contributed by atoms with Gasteiger partial charge in [-0.25, -0.2) is 4.79 Å². The summed E-state index contributed by atoms with van der Waals surface area (Å²) in [4.78, 5) is 27.5. The third kappa shape index (κ3) is 4.59. The zero-order chi connectivity index (χ0) is 16.0. The Kier molecular flexibility index (Phi) is 6.95. The number of carboxylic acids is 1. The molecule has 0 saturated carbocycles. The molecule has 0 saturated heterocycles. The van der Waals surface area contributed by atoms with Crippen LogP contribution in [0.1, 0.15) is 37.7 Å². The molecule has 6 heteroatoms. The first-order valence-corrected chi connectivity index (χ1v) is 8.66. The Hall–Kier alpha value is -1.30. The van der Waals surface area contributed by atoms with Crippen LogP contribution < -0.4 is 5.69 Å². The average molecular weight is 312 g/mol. The summed E-state index contributed by atoms with van der Waals surface area (Å²) >= 11 is 1.74. The van der Waals surface area contributed by atoms with Crippen LogP contribution in [0.3, 0.4) is 0 Å². The largest absolute Gasteiger partial charge is 0.481 e. The van der Waals surface area contributed by atoms with Gasteiger partial charge in [-0.15, -0.1) is 0 Å². The molecule has 0 amide bonds. The van der Waals surface area contributed by atoms with Gasteiger partial charge in [0, 0.05) is 17.8 Å². The van der Waals surface area contributed by atoms with E-state index < -0.39 is 5.97 Å². The number of carbonyl (C=O) groups is 1. The fourth-order valence-electron chi connectivity index (χ4n) is 2.58. The number of hydrogen-bond acceptors (Lipinski definition) is 4. The lowest BCUT2D eigenvalue weighted by molar-refractivity contribution is -0.136. The number of thioether (sulfide) groups is 1. The Morgan fingerprint density at radius 2 is 2.05 bits per heavy atom. The van der Waals surface area contributed by atoms with Gasteiger partial charge in [0.2, 0.25) is 0 Å². The van der Waals surface area contributed by atoms with Crippen molar-refractivity contribution in [2.45, 2.75) is 46.6 Å². The van der Waals surface area contributed by atoms with Gasteiger partial charge >= 0.3 is 11.7 Å². The molecule has 0 bridgehead atoms. The summed E-state index contributed by atoms with van der Waals surface area (Å²) in [7, 11) is 0. The molecule has 1 heterocycles. The molecular formula is C15H24N2O3S. The second-order valence-corrected chi connectivity index (χ2v) is 6.13. The van der Waals surface area contributed by atoms with Crippen molar-refractivity contribution in [3.05, 3.63) is 27.4 Å². The van der Waals surface area contributed by atoms with Gasteiger partial charge in [-0.3, -0.25) is 9.36 Å². The van der Waals surface area contributed by atoms with Crippen molar-refractivity contribution in [1.29, 1.82) is 0 Å². The summed E-state index contributed by atoms with van der Waals surface area (Å²) in [6, 6.07) is 0. The summed E-state index contributed by atoms with van der Waals surface area (Å²) in [5.41, 5.74) is 1.89. The molecule has 0 aliphatic carbocycles. The molecule has 0 fully saturated rings. The Morgan fingerprint density at radius 1 is 1.38 bits per heavy atom. The lowest BCUT2D eigenvalue weighted by Crippen LogP contribution is -2.32. The molecule has 1 rings (SSSR count). The molecule has 1 aromatic heterocycles. The van der Waals surface area contributed by atoms with Crippen LogP contribution in [-0.2, 0) is 30.6 Å². The highest BCUT2D eigenvalue weighted by molar-refractivity contribution is 7.98. The number of nitrogens with zero attached hydrogens (tertiary/aromatic N) is 2. The zero-order valence-corrected chi connectivity index (χ0v) is 14.0. The average Bonchev–Trinajstić information content (AvgIpc) is 2.42. The Labute approximate surface area is 129 Å². The highest BCUT2D eigenvalue weighted by atomic mass is 32.2. The van der Waals surface area contributed by atoms with Crippen molar-refractivity contribution < 1.29 is 9.90 Å². The number of carboxylic acid groups (broad SMARTS) is 1. The van der Waals surface area contributed by atoms with Crippen LogP contribution in [-0.4, -0.2) is 32.6 Å². The van der Waals surface area contributed by atoms with Crippen molar-refractivity contribution in [2.75, 3.05) is 12.0 Å². The minimum absolute atomic E-state index is 0.0729. The monoisotopic (exact) mass is 312 g/mol. The van der Waals surface area contributed by atoms with Crippen LogP contribution in [0, 0.1) is 5.92 Å². The molecule has 0 radical (unpaired) electrons. The van der Waals surface area contributed by atoms with E-state index >= 15 is 0 Å². The standard InChI is InChI=1S/C15H24N2O3S/c1-5-12-11(7-14(18)19)13(6-2)17(15(20)16-12)8-10(3)9-21-4/h10H,5-9H2,1-4H3,(H,18,19).